The molecule has 0 atom stereocenters. The molecule has 8 heteroatoms. The summed E-state index contributed by atoms with van der Waals surface area (Å²) in [5.41, 5.74) is 0.591. The summed E-state index contributed by atoms with van der Waals surface area (Å²) >= 11 is 0. The molecule has 1 saturated carbocycles. The number of likely N-dealkylation sites (tertiary alicyclic amines) is 1. The number of carbonyl (C=O) groups is 1. The summed E-state index contributed by atoms with van der Waals surface area (Å²) in [6.45, 7) is 3.28. The third-order valence-corrected chi connectivity index (χ3v) is 6.11. The van der Waals surface area contributed by atoms with E-state index in [4.69, 9.17) is 4.74 Å². The highest BCUT2D eigenvalue weighted by Crippen LogP contribution is 2.44. The van der Waals surface area contributed by atoms with Crippen molar-refractivity contribution in [3.05, 3.63) is 29.8 Å². The lowest BCUT2D eigenvalue weighted by atomic mass is 9.64. The molecule has 2 aliphatic heterocycles. The molecular weight excluding hydrogens is 361 g/mol. The summed E-state index contributed by atoms with van der Waals surface area (Å²) in [5.74, 6) is -0.218. The van der Waals surface area contributed by atoms with Crippen molar-refractivity contribution in [3.8, 4) is 5.75 Å². The Morgan fingerprint density at radius 3 is 2.59 bits per heavy atom. The van der Waals surface area contributed by atoms with E-state index < -0.39 is 6.36 Å². The summed E-state index contributed by atoms with van der Waals surface area (Å²) in [5, 5.41) is 3.00. The minimum absolute atomic E-state index is 0.104. The lowest BCUT2D eigenvalue weighted by Crippen LogP contribution is -2.50. The molecule has 3 fully saturated rings. The maximum absolute atomic E-state index is 12.5. The number of benzene rings is 1. The van der Waals surface area contributed by atoms with Crippen molar-refractivity contribution in [3.63, 3.8) is 0 Å². The van der Waals surface area contributed by atoms with Gasteiger partial charge in [-0.3, -0.25) is 0 Å². The molecule has 3 aliphatic rings. The third kappa shape index (κ3) is 3.72. The first-order chi connectivity index (χ1) is 12.8. The molecule has 0 aromatic heterocycles. The average molecular weight is 384 g/mol. The van der Waals surface area contributed by atoms with Crippen LogP contribution in [0.2, 0.25) is 0 Å². The van der Waals surface area contributed by atoms with E-state index in [1.807, 2.05) is 11.0 Å². The van der Waals surface area contributed by atoms with Gasteiger partial charge in [0.05, 0.1) is 13.2 Å². The van der Waals surface area contributed by atoms with Gasteiger partial charge in [0, 0.05) is 30.5 Å². The van der Waals surface area contributed by atoms with Crippen LogP contribution in [0.25, 0.3) is 0 Å². The molecule has 1 aromatic rings. The zero-order chi connectivity index (χ0) is 19.1. The van der Waals surface area contributed by atoms with Gasteiger partial charge in [0.15, 0.2) is 0 Å². The Morgan fingerprint density at radius 1 is 1.26 bits per heavy atom. The van der Waals surface area contributed by atoms with Crippen molar-refractivity contribution in [1.29, 1.82) is 0 Å². The number of nitrogens with one attached hydrogen (secondary N) is 1. The van der Waals surface area contributed by atoms with Crippen molar-refractivity contribution in [1.82, 2.24) is 10.2 Å². The van der Waals surface area contributed by atoms with Crippen LogP contribution in [0.5, 0.6) is 5.75 Å². The molecule has 2 amide bonds. The number of hydrogen-bond acceptors (Lipinski definition) is 3. The second-order valence-corrected chi connectivity index (χ2v) is 8.03. The van der Waals surface area contributed by atoms with Crippen LogP contribution in [0.3, 0.4) is 0 Å². The van der Waals surface area contributed by atoms with E-state index in [9.17, 15) is 18.0 Å². The summed E-state index contributed by atoms with van der Waals surface area (Å²) in [4.78, 5) is 14.4. The number of amides is 2. The van der Waals surface area contributed by atoms with Gasteiger partial charge in [-0.05, 0) is 37.0 Å². The lowest BCUT2D eigenvalue weighted by molar-refractivity contribution is -0.274. The smallest absolute Gasteiger partial charge is 0.406 e. The van der Waals surface area contributed by atoms with Crippen molar-refractivity contribution in [2.45, 2.75) is 37.5 Å². The lowest BCUT2D eigenvalue weighted by Gasteiger charge is -2.43. The average Bonchev–Trinajstić information content (AvgIpc) is 2.98. The van der Waals surface area contributed by atoms with Crippen LogP contribution in [0.15, 0.2) is 24.3 Å². The first-order valence-electron chi connectivity index (χ1n) is 9.26. The van der Waals surface area contributed by atoms with Crippen LogP contribution in [-0.2, 0) is 10.2 Å². The van der Waals surface area contributed by atoms with Crippen LogP contribution >= 0.6 is 0 Å². The maximum Gasteiger partial charge on any atom is 0.573 e. The molecule has 1 aliphatic carbocycles. The SMILES string of the molecule is O=C(NCC1(c2cccc(OC(F)(F)F)c2)CCC1)N1CCC2(COC2)C1. The van der Waals surface area contributed by atoms with Gasteiger partial charge in [-0.1, -0.05) is 18.6 Å². The van der Waals surface area contributed by atoms with E-state index in [1.165, 1.54) is 12.1 Å². The van der Waals surface area contributed by atoms with E-state index in [-0.39, 0.29) is 22.6 Å². The number of hydrogen-bond donors (Lipinski definition) is 1. The summed E-state index contributed by atoms with van der Waals surface area (Å²) < 4.78 is 46.8. The van der Waals surface area contributed by atoms with Crippen molar-refractivity contribution in [2.75, 3.05) is 32.8 Å². The normalized spacial score (nSPS) is 22.9. The standard InChI is InChI=1S/C19H23F3N2O3/c20-19(21,22)27-15-4-1-3-14(9-15)18(5-2-6-18)10-23-16(25)24-8-7-17(11-24)12-26-13-17/h1,3-4,9H,2,5-8,10-13H2,(H,23,25). The molecule has 0 unspecified atom stereocenters. The minimum atomic E-state index is -4.71. The molecule has 27 heavy (non-hydrogen) atoms. The zero-order valence-electron chi connectivity index (χ0n) is 15.0. The van der Waals surface area contributed by atoms with Crippen LogP contribution < -0.4 is 10.1 Å². The number of halogens is 3. The maximum atomic E-state index is 12.5. The van der Waals surface area contributed by atoms with E-state index in [0.717, 1.165) is 37.8 Å². The largest absolute Gasteiger partial charge is 0.573 e. The Hall–Kier alpha value is -1.96. The van der Waals surface area contributed by atoms with Crippen molar-refractivity contribution < 1.29 is 27.4 Å². The fourth-order valence-corrected chi connectivity index (χ4v) is 4.29. The van der Waals surface area contributed by atoms with E-state index in [2.05, 4.69) is 10.1 Å². The topological polar surface area (TPSA) is 50.8 Å². The van der Waals surface area contributed by atoms with Gasteiger partial charge >= 0.3 is 12.4 Å². The molecule has 1 N–H and O–H groups in total. The van der Waals surface area contributed by atoms with Gasteiger partial charge in [-0.25, -0.2) is 4.79 Å². The quantitative estimate of drug-likeness (QED) is 0.865. The van der Waals surface area contributed by atoms with Crippen LogP contribution in [0.1, 0.15) is 31.2 Å². The molecule has 5 nitrogen and oxygen atoms in total. The molecular formula is C19H23F3N2O3. The zero-order valence-corrected chi connectivity index (χ0v) is 15.0. The number of nitrogens with zero attached hydrogens (tertiary/aromatic N) is 1. The predicted octanol–water partition coefficient (Wildman–Crippen LogP) is 3.44. The third-order valence-electron chi connectivity index (χ3n) is 6.11. The number of carbonyl (C=O) groups excluding carboxylic acids is 1. The van der Waals surface area contributed by atoms with Gasteiger partial charge in [0.2, 0.25) is 0 Å². The highest BCUT2D eigenvalue weighted by atomic mass is 19.4. The minimum Gasteiger partial charge on any atom is -0.406 e. The molecule has 1 spiro atoms. The fraction of sp³-hybridized carbons (Fsp3) is 0.632. The molecule has 4 rings (SSSR count). The molecule has 2 saturated heterocycles. The van der Waals surface area contributed by atoms with Gasteiger partial charge < -0.3 is 19.7 Å². The van der Waals surface area contributed by atoms with E-state index in [0.29, 0.717) is 26.3 Å². The summed E-state index contributed by atoms with van der Waals surface area (Å²) in [7, 11) is 0. The van der Waals surface area contributed by atoms with Crippen LogP contribution in [0, 0.1) is 5.41 Å². The number of urea groups is 1. The Morgan fingerprint density at radius 2 is 2.04 bits per heavy atom. The second kappa shape index (κ2) is 6.58. The van der Waals surface area contributed by atoms with Gasteiger partial charge in [-0.15, -0.1) is 13.2 Å². The molecule has 1 aromatic carbocycles. The van der Waals surface area contributed by atoms with Crippen LogP contribution in [0.4, 0.5) is 18.0 Å². The molecule has 0 radical (unpaired) electrons. The van der Waals surface area contributed by atoms with Gasteiger partial charge in [-0.2, -0.15) is 0 Å². The molecule has 2 heterocycles. The first kappa shape index (κ1) is 18.4. The second-order valence-electron chi connectivity index (χ2n) is 8.03. The Kier molecular flexibility index (Phi) is 4.49. The van der Waals surface area contributed by atoms with E-state index >= 15 is 0 Å². The fourth-order valence-electron chi connectivity index (χ4n) is 4.29. The predicted molar refractivity (Wildman–Crippen MR) is 91.5 cm³/mol. The molecule has 0 bridgehead atoms. The number of rotatable bonds is 4. The van der Waals surface area contributed by atoms with Crippen molar-refractivity contribution in [2.24, 2.45) is 5.41 Å². The summed E-state index contributed by atoms with van der Waals surface area (Å²) in [6.07, 6.45) is -1.09. The van der Waals surface area contributed by atoms with Crippen LogP contribution in [-0.4, -0.2) is 50.1 Å². The van der Waals surface area contributed by atoms with Gasteiger partial charge in [0.25, 0.3) is 0 Å². The highest BCUT2D eigenvalue weighted by molar-refractivity contribution is 5.74. The van der Waals surface area contributed by atoms with Crippen molar-refractivity contribution >= 4 is 6.03 Å². The Bertz CT molecular complexity index is 714. The van der Waals surface area contributed by atoms with E-state index in [1.54, 1.807) is 6.07 Å². The monoisotopic (exact) mass is 384 g/mol. The summed E-state index contributed by atoms with van der Waals surface area (Å²) in [6, 6.07) is 6.01. The number of alkyl halides is 3. The molecule has 148 valence electrons. The Balaban J connectivity index is 1.39. The first-order valence-corrected chi connectivity index (χ1v) is 9.26. The Labute approximate surface area is 155 Å². The number of ether oxygens (including phenoxy) is 2. The highest BCUT2D eigenvalue weighted by Gasteiger charge is 2.46. The van der Waals surface area contributed by atoms with Gasteiger partial charge in [0.1, 0.15) is 5.75 Å².